The molecule has 0 atom stereocenters. The summed E-state index contributed by atoms with van der Waals surface area (Å²) in [5, 5.41) is 3.31. The van der Waals surface area contributed by atoms with Crippen LogP contribution >= 0.6 is 0 Å². The molecular formula is C14H21N5O2. The van der Waals surface area contributed by atoms with Crippen molar-refractivity contribution in [3.05, 3.63) is 26.7 Å². The van der Waals surface area contributed by atoms with Gasteiger partial charge in [0.1, 0.15) is 11.3 Å². The molecule has 3 N–H and O–H groups in total. The average molecular weight is 291 g/mol. The van der Waals surface area contributed by atoms with E-state index in [-0.39, 0.29) is 11.2 Å². The second-order valence-corrected chi connectivity index (χ2v) is 5.61. The third-order valence-corrected chi connectivity index (χ3v) is 4.11. The molecule has 0 bridgehead atoms. The fourth-order valence-electron chi connectivity index (χ4n) is 2.87. The molecule has 2 aromatic rings. The average Bonchev–Trinajstić information content (AvgIpc) is 2.93. The van der Waals surface area contributed by atoms with Crippen molar-refractivity contribution in [3.63, 3.8) is 0 Å². The molecule has 1 fully saturated rings. The van der Waals surface area contributed by atoms with Crippen molar-refractivity contribution < 1.29 is 0 Å². The Morgan fingerprint density at radius 1 is 1.24 bits per heavy atom. The van der Waals surface area contributed by atoms with Crippen molar-refractivity contribution in [3.8, 4) is 0 Å². The lowest BCUT2D eigenvalue weighted by atomic mass is 9.98. The molecule has 0 spiro atoms. The number of fused-ring (bicyclic) bond motifs is 1. The van der Waals surface area contributed by atoms with E-state index in [1.165, 1.54) is 0 Å². The number of H-pyrrole nitrogens is 2. The quantitative estimate of drug-likeness (QED) is 0.772. The van der Waals surface area contributed by atoms with E-state index in [1.54, 1.807) is 4.57 Å². The van der Waals surface area contributed by atoms with E-state index >= 15 is 0 Å². The highest BCUT2D eigenvalue weighted by molar-refractivity contribution is 5.69. The molecule has 0 amide bonds. The first-order valence-corrected chi connectivity index (χ1v) is 7.64. The van der Waals surface area contributed by atoms with E-state index in [2.05, 4.69) is 27.2 Å². The van der Waals surface area contributed by atoms with Crippen LogP contribution in [0, 0.1) is 0 Å². The number of aromatic nitrogens is 4. The molecular weight excluding hydrogens is 270 g/mol. The minimum atomic E-state index is -0.379. The van der Waals surface area contributed by atoms with E-state index in [0.29, 0.717) is 23.6 Å². The smallest absolute Gasteiger partial charge is 0.330 e. The number of hydrogen-bond acceptors (Lipinski definition) is 4. The van der Waals surface area contributed by atoms with Gasteiger partial charge in [0.25, 0.3) is 5.56 Å². The van der Waals surface area contributed by atoms with Crippen molar-refractivity contribution in [2.45, 2.75) is 45.1 Å². The van der Waals surface area contributed by atoms with Crippen LogP contribution in [0.2, 0.25) is 0 Å². The Morgan fingerprint density at radius 2 is 2.00 bits per heavy atom. The van der Waals surface area contributed by atoms with Crippen LogP contribution in [-0.2, 0) is 6.54 Å². The van der Waals surface area contributed by atoms with E-state index in [1.807, 2.05) is 0 Å². The number of unbranched alkanes of at least 4 members (excludes halogenated alkanes) is 1. The number of piperidine rings is 1. The minimum Gasteiger partial charge on any atom is -0.336 e. The van der Waals surface area contributed by atoms with Crippen LogP contribution in [0.15, 0.2) is 9.59 Å². The van der Waals surface area contributed by atoms with E-state index < -0.39 is 0 Å². The number of rotatable bonds is 4. The number of aromatic amines is 2. The Hall–Kier alpha value is -1.89. The molecule has 2 aromatic heterocycles. The lowest BCUT2D eigenvalue weighted by molar-refractivity contribution is 0.447. The molecule has 3 heterocycles. The Morgan fingerprint density at radius 3 is 2.71 bits per heavy atom. The zero-order valence-electron chi connectivity index (χ0n) is 12.2. The van der Waals surface area contributed by atoms with Gasteiger partial charge in [-0.25, -0.2) is 9.78 Å². The van der Waals surface area contributed by atoms with Crippen molar-refractivity contribution in [2.24, 2.45) is 0 Å². The number of aryl methyl sites for hydroxylation is 1. The molecule has 7 heteroatoms. The van der Waals surface area contributed by atoms with Crippen LogP contribution in [0.25, 0.3) is 11.2 Å². The van der Waals surface area contributed by atoms with Gasteiger partial charge in [0.15, 0.2) is 5.65 Å². The fraction of sp³-hybridized carbons (Fsp3) is 0.643. The van der Waals surface area contributed by atoms with Crippen LogP contribution in [0.1, 0.15) is 44.3 Å². The largest absolute Gasteiger partial charge is 0.336 e. The molecule has 0 aromatic carbocycles. The summed E-state index contributed by atoms with van der Waals surface area (Å²) in [7, 11) is 0. The van der Waals surface area contributed by atoms with Crippen molar-refractivity contribution in [1.82, 2.24) is 24.8 Å². The van der Waals surface area contributed by atoms with E-state index in [9.17, 15) is 9.59 Å². The normalized spacial score (nSPS) is 16.6. The fourth-order valence-corrected chi connectivity index (χ4v) is 2.87. The van der Waals surface area contributed by atoms with Crippen LogP contribution in [0.3, 0.4) is 0 Å². The molecule has 21 heavy (non-hydrogen) atoms. The maximum atomic E-state index is 12.0. The predicted molar refractivity (Wildman–Crippen MR) is 80.7 cm³/mol. The summed E-state index contributed by atoms with van der Waals surface area (Å²) < 4.78 is 1.57. The maximum absolute atomic E-state index is 12.0. The minimum absolute atomic E-state index is 0.327. The SMILES string of the molecule is CCCCn1c(=O)[nH]c(=O)c2[nH]c(C3CCNCC3)nc21. The highest BCUT2D eigenvalue weighted by atomic mass is 16.2. The van der Waals surface area contributed by atoms with Crippen LogP contribution in [0.4, 0.5) is 0 Å². The molecule has 0 saturated carbocycles. The third-order valence-electron chi connectivity index (χ3n) is 4.11. The second-order valence-electron chi connectivity index (χ2n) is 5.61. The number of nitrogens with zero attached hydrogens (tertiary/aromatic N) is 2. The van der Waals surface area contributed by atoms with E-state index in [4.69, 9.17) is 0 Å². The zero-order chi connectivity index (χ0) is 14.8. The topological polar surface area (TPSA) is 95.6 Å². The monoisotopic (exact) mass is 291 g/mol. The molecule has 0 aliphatic carbocycles. The molecule has 7 nitrogen and oxygen atoms in total. The molecule has 0 radical (unpaired) electrons. The Kier molecular flexibility index (Phi) is 3.92. The summed E-state index contributed by atoms with van der Waals surface area (Å²) in [6.07, 6.45) is 3.86. The summed E-state index contributed by atoms with van der Waals surface area (Å²) in [5.41, 5.74) is 0.157. The molecule has 1 saturated heterocycles. The number of imidazole rings is 1. The van der Waals surface area contributed by atoms with Gasteiger partial charge < -0.3 is 10.3 Å². The Labute approximate surface area is 121 Å². The van der Waals surface area contributed by atoms with Gasteiger partial charge in [-0.05, 0) is 32.4 Å². The van der Waals surface area contributed by atoms with Gasteiger partial charge in [-0.3, -0.25) is 14.3 Å². The third kappa shape index (κ3) is 2.65. The van der Waals surface area contributed by atoms with Crippen molar-refractivity contribution in [2.75, 3.05) is 13.1 Å². The standard InChI is InChI=1S/C14H21N5O2/c1-2-3-8-19-12-10(13(20)18-14(19)21)16-11(17-12)9-4-6-15-7-5-9/h9,15H,2-8H2,1H3,(H,16,17)(H,18,20,21). The summed E-state index contributed by atoms with van der Waals surface area (Å²) in [4.78, 5) is 34.0. The first-order valence-electron chi connectivity index (χ1n) is 7.64. The molecule has 0 unspecified atom stereocenters. The van der Waals surface area contributed by atoms with Gasteiger partial charge in [0.2, 0.25) is 0 Å². The van der Waals surface area contributed by atoms with Crippen LogP contribution in [0.5, 0.6) is 0 Å². The summed E-state index contributed by atoms with van der Waals surface area (Å²) >= 11 is 0. The molecule has 1 aliphatic heterocycles. The van der Waals surface area contributed by atoms with Gasteiger partial charge in [-0.2, -0.15) is 0 Å². The van der Waals surface area contributed by atoms with Gasteiger partial charge in [0, 0.05) is 12.5 Å². The summed E-state index contributed by atoms with van der Waals surface area (Å²) in [5.74, 6) is 1.15. The van der Waals surface area contributed by atoms with Gasteiger partial charge in [0.05, 0.1) is 0 Å². The van der Waals surface area contributed by atoms with Crippen molar-refractivity contribution >= 4 is 11.2 Å². The first kappa shape index (κ1) is 14.1. The molecule has 1 aliphatic rings. The number of hydrogen-bond donors (Lipinski definition) is 3. The Balaban J connectivity index is 2.08. The lowest BCUT2D eigenvalue weighted by Gasteiger charge is -2.20. The Bertz CT molecular complexity index is 736. The summed E-state index contributed by atoms with van der Waals surface area (Å²) in [6.45, 7) is 4.57. The van der Waals surface area contributed by atoms with Crippen LogP contribution in [-0.4, -0.2) is 32.6 Å². The van der Waals surface area contributed by atoms with Crippen LogP contribution < -0.4 is 16.6 Å². The summed E-state index contributed by atoms with van der Waals surface area (Å²) in [6, 6.07) is 0. The van der Waals surface area contributed by atoms with Crippen molar-refractivity contribution in [1.29, 1.82) is 0 Å². The highest BCUT2D eigenvalue weighted by Gasteiger charge is 2.21. The maximum Gasteiger partial charge on any atom is 0.330 e. The van der Waals surface area contributed by atoms with Gasteiger partial charge in [-0.15, -0.1) is 0 Å². The highest BCUT2D eigenvalue weighted by Crippen LogP contribution is 2.23. The van der Waals surface area contributed by atoms with E-state index in [0.717, 1.165) is 44.6 Å². The molecule has 114 valence electrons. The zero-order valence-corrected chi connectivity index (χ0v) is 12.2. The van der Waals surface area contributed by atoms with Gasteiger partial charge in [-0.1, -0.05) is 13.3 Å². The predicted octanol–water partition coefficient (Wildman–Crippen LogP) is 0.680. The lowest BCUT2D eigenvalue weighted by Crippen LogP contribution is -2.30. The molecule has 3 rings (SSSR count). The number of nitrogens with one attached hydrogen (secondary N) is 3. The first-order chi connectivity index (χ1) is 10.2. The van der Waals surface area contributed by atoms with Gasteiger partial charge >= 0.3 is 5.69 Å². The second kappa shape index (κ2) is 5.85.